The van der Waals surface area contributed by atoms with Crippen molar-refractivity contribution >= 4 is 16.8 Å². The normalized spacial score (nSPS) is 11.5. The van der Waals surface area contributed by atoms with Crippen LogP contribution in [-0.2, 0) is 20.3 Å². The highest BCUT2D eigenvalue weighted by molar-refractivity contribution is 7.89. The van der Waals surface area contributed by atoms with E-state index in [2.05, 4.69) is 27.8 Å². The first-order chi connectivity index (χ1) is 7.85. The van der Waals surface area contributed by atoms with Crippen LogP contribution in [0.5, 0.6) is 0 Å². The van der Waals surface area contributed by atoms with Gasteiger partial charge in [-0.1, -0.05) is 11.8 Å². The minimum atomic E-state index is -1.13. The fourth-order valence-corrected chi connectivity index (χ4v) is 1.67. The van der Waals surface area contributed by atoms with Crippen LogP contribution in [0.1, 0.15) is 33.6 Å². The molecular weight excluding hydrogens is 236 g/mol. The zero-order valence-corrected chi connectivity index (χ0v) is 11.6. The predicted molar refractivity (Wildman–Crippen MR) is 69.3 cm³/mol. The van der Waals surface area contributed by atoms with Crippen molar-refractivity contribution in [2.75, 3.05) is 12.9 Å². The van der Waals surface area contributed by atoms with Crippen molar-refractivity contribution in [2.45, 2.75) is 33.6 Å². The Hall–Kier alpha value is -1.26. The van der Waals surface area contributed by atoms with Gasteiger partial charge >= 0.3 is 5.97 Å². The molecule has 0 amide bonds. The molecular formula is C13H18O3S. The van der Waals surface area contributed by atoms with Gasteiger partial charge in [0.2, 0.25) is 0 Å². The molecule has 17 heavy (non-hydrogen) atoms. The highest BCUT2D eigenvalue weighted by Crippen LogP contribution is 2.09. The number of carbonyl (C=O) groups excluding carboxylic acids is 1. The van der Waals surface area contributed by atoms with Gasteiger partial charge < -0.3 is 4.74 Å². The number of unbranched alkanes of at least 4 members (excludes halogenated alkanes) is 1. The SMILES string of the molecule is COC(=O)C#CCCCS(=O)C#CC(C)(C)C. The maximum atomic E-state index is 11.4. The molecule has 0 saturated heterocycles. The number of rotatable bonds is 3. The van der Waals surface area contributed by atoms with Crippen LogP contribution in [0.25, 0.3) is 0 Å². The van der Waals surface area contributed by atoms with Gasteiger partial charge in [-0.2, -0.15) is 0 Å². The van der Waals surface area contributed by atoms with Crippen LogP contribution in [0.4, 0.5) is 0 Å². The summed E-state index contributed by atoms with van der Waals surface area (Å²) in [5.74, 6) is 7.84. The Kier molecular flexibility index (Phi) is 7.34. The van der Waals surface area contributed by atoms with Gasteiger partial charge in [-0.15, -0.1) is 0 Å². The molecule has 0 aromatic rings. The van der Waals surface area contributed by atoms with Crippen molar-refractivity contribution in [1.29, 1.82) is 0 Å². The van der Waals surface area contributed by atoms with E-state index >= 15 is 0 Å². The van der Waals surface area contributed by atoms with E-state index in [1.165, 1.54) is 7.11 Å². The number of hydrogen-bond donors (Lipinski definition) is 0. The van der Waals surface area contributed by atoms with E-state index in [9.17, 15) is 9.00 Å². The van der Waals surface area contributed by atoms with Crippen LogP contribution < -0.4 is 0 Å². The van der Waals surface area contributed by atoms with E-state index in [0.29, 0.717) is 18.6 Å². The highest BCUT2D eigenvalue weighted by atomic mass is 32.2. The molecule has 0 heterocycles. The van der Waals surface area contributed by atoms with Crippen molar-refractivity contribution in [1.82, 2.24) is 0 Å². The number of hydrogen-bond acceptors (Lipinski definition) is 3. The summed E-state index contributed by atoms with van der Waals surface area (Å²) in [7, 11) is 0.158. The second-order valence-corrected chi connectivity index (χ2v) is 5.73. The lowest BCUT2D eigenvalue weighted by Crippen LogP contribution is -2.01. The van der Waals surface area contributed by atoms with Gasteiger partial charge in [0.25, 0.3) is 0 Å². The monoisotopic (exact) mass is 254 g/mol. The summed E-state index contributed by atoms with van der Waals surface area (Å²) in [5, 5.41) is 2.72. The molecule has 0 N–H and O–H groups in total. The Labute approximate surface area is 106 Å². The Bertz CT molecular complexity index is 396. The van der Waals surface area contributed by atoms with E-state index in [0.717, 1.165) is 0 Å². The Balaban J connectivity index is 3.89. The summed E-state index contributed by atoms with van der Waals surface area (Å²) in [5.41, 5.74) is -0.125. The van der Waals surface area contributed by atoms with Crippen LogP contribution in [-0.4, -0.2) is 23.0 Å². The highest BCUT2D eigenvalue weighted by Gasteiger charge is 2.04. The average Bonchev–Trinajstić information content (AvgIpc) is 2.24. The zero-order valence-electron chi connectivity index (χ0n) is 10.8. The van der Waals surface area contributed by atoms with Crippen LogP contribution in [0.15, 0.2) is 0 Å². The summed E-state index contributed by atoms with van der Waals surface area (Å²) in [6, 6.07) is 0. The minimum absolute atomic E-state index is 0.125. The van der Waals surface area contributed by atoms with Gasteiger partial charge in [0.1, 0.15) is 0 Å². The van der Waals surface area contributed by atoms with E-state index in [1.54, 1.807) is 0 Å². The largest absolute Gasteiger partial charge is 0.459 e. The summed E-state index contributed by atoms with van der Waals surface area (Å²) >= 11 is 0. The van der Waals surface area contributed by atoms with Gasteiger partial charge in [-0.3, -0.25) is 0 Å². The Morgan fingerprint density at radius 1 is 1.35 bits per heavy atom. The molecule has 0 spiro atoms. The Morgan fingerprint density at radius 2 is 2.00 bits per heavy atom. The van der Waals surface area contributed by atoms with Gasteiger partial charge in [0.05, 0.1) is 17.9 Å². The third kappa shape index (κ3) is 11.0. The maximum absolute atomic E-state index is 11.4. The summed E-state index contributed by atoms with van der Waals surface area (Å²) in [6.45, 7) is 5.91. The third-order valence-corrected chi connectivity index (χ3v) is 2.54. The summed E-state index contributed by atoms with van der Waals surface area (Å²) in [6.07, 6.45) is 1.19. The molecule has 0 aromatic heterocycles. The zero-order chi connectivity index (χ0) is 13.3. The van der Waals surface area contributed by atoms with Crippen LogP contribution >= 0.6 is 0 Å². The molecule has 1 unspecified atom stereocenters. The molecule has 0 fully saturated rings. The number of carbonyl (C=O) groups is 1. The number of ether oxygens (including phenoxy) is 1. The maximum Gasteiger partial charge on any atom is 0.384 e. The second-order valence-electron chi connectivity index (χ2n) is 4.42. The van der Waals surface area contributed by atoms with E-state index in [1.807, 2.05) is 20.8 Å². The van der Waals surface area contributed by atoms with Crippen LogP contribution in [0.3, 0.4) is 0 Å². The predicted octanol–water partition coefficient (Wildman–Crippen LogP) is 1.70. The molecule has 4 heteroatoms. The standard InChI is InChI=1S/C13H18O3S/c1-13(2,3)9-11-17(15)10-7-5-6-8-12(14)16-4/h5,7,10H2,1-4H3. The lowest BCUT2D eigenvalue weighted by Gasteiger charge is -2.06. The first-order valence-electron chi connectivity index (χ1n) is 5.33. The fourth-order valence-electron chi connectivity index (χ4n) is 0.738. The Morgan fingerprint density at radius 3 is 2.53 bits per heavy atom. The van der Waals surface area contributed by atoms with Crippen molar-refractivity contribution < 1.29 is 13.7 Å². The fraction of sp³-hybridized carbons (Fsp3) is 0.615. The van der Waals surface area contributed by atoms with E-state index in [4.69, 9.17) is 0 Å². The molecule has 0 bridgehead atoms. The summed E-state index contributed by atoms with van der Waals surface area (Å²) in [4.78, 5) is 10.6. The molecule has 0 saturated carbocycles. The number of methoxy groups -OCH3 is 1. The van der Waals surface area contributed by atoms with Gasteiger partial charge in [0, 0.05) is 23.5 Å². The van der Waals surface area contributed by atoms with E-state index < -0.39 is 16.8 Å². The van der Waals surface area contributed by atoms with Gasteiger partial charge in [-0.05, 0) is 32.4 Å². The first-order valence-corrected chi connectivity index (χ1v) is 6.65. The average molecular weight is 254 g/mol. The van der Waals surface area contributed by atoms with Crippen molar-refractivity contribution in [3.8, 4) is 23.0 Å². The van der Waals surface area contributed by atoms with Crippen molar-refractivity contribution in [2.24, 2.45) is 5.41 Å². The topological polar surface area (TPSA) is 43.4 Å². The quantitative estimate of drug-likeness (QED) is 0.333. The molecule has 0 aliphatic carbocycles. The minimum Gasteiger partial charge on any atom is -0.459 e. The lowest BCUT2D eigenvalue weighted by molar-refractivity contribution is -0.133. The second kappa shape index (κ2) is 7.92. The molecule has 1 atom stereocenters. The first kappa shape index (κ1) is 15.7. The molecule has 94 valence electrons. The molecule has 0 radical (unpaired) electrons. The van der Waals surface area contributed by atoms with E-state index in [-0.39, 0.29) is 5.41 Å². The van der Waals surface area contributed by atoms with Crippen molar-refractivity contribution in [3.63, 3.8) is 0 Å². The van der Waals surface area contributed by atoms with Gasteiger partial charge in [-0.25, -0.2) is 9.00 Å². The molecule has 0 aliphatic heterocycles. The van der Waals surface area contributed by atoms with Crippen LogP contribution in [0.2, 0.25) is 0 Å². The van der Waals surface area contributed by atoms with Crippen molar-refractivity contribution in [3.05, 3.63) is 0 Å². The molecule has 0 aliphatic rings. The van der Waals surface area contributed by atoms with Gasteiger partial charge in [0.15, 0.2) is 0 Å². The smallest absolute Gasteiger partial charge is 0.384 e. The molecule has 0 aromatic carbocycles. The number of esters is 1. The third-order valence-electron chi connectivity index (χ3n) is 1.55. The summed E-state index contributed by atoms with van der Waals surface area (Å²) < 4.78 is 15.8. The van der Waals surface area contributed by atoms with Crippen LogP contribution in [0, 0.1) is 28.4 Å². The lowest BCUT2D eigenvalue weighted by atomic mass is 9.99. The molecule has 3 nitrogen and oxygen atoms in total. The molecule has 0 rings (SSSR count).